The molecule has 3 aromatic rings. The summed E-state index contributed by atoms with van der Waals surface area (Å²) < 4.78 is 2.40. The fourth-order valence-corrected chi connectivity index (χ4v) is 5.66. The lowest BCUT2D eigenvalue weighted by Gasteiger charge is -2.32. The van der Waals surface area contributed by atoms with Crippen molar-refractivity contribution >= 4 is 28.6 Å². The summed E-state index contributed by atoms with van der Waals surface area (Å²) in [6.45, 7) is 1.71. The fraction of sp³-hybridized carbons (Fsp3) is 0.462. The quantitative estimate of drug-likeness (QED) is 0.622. The van der Waals surface area contributed by atoms with Gasteiger partial charge in [0.2, 0.25) is 0 Å². The smallest absolute Gasteiger partial charge is 0.0960 e. The van der Waals surface area contributed by atoms with Crippen molar-refractivity contribution in [3.8, 4) is 11.1 Å². The van der Waals surface area contributed by atoms with Gasteiger partial charge in [-0.25, -0.2) is 4.98 Å². The molecule has 1 saturated heterocycles. The van der Waals surface area contributed by atoms with Crippen molar-refractivity contribution in [3.63, 3.8) is 0 Å². The molecule has 2 aromatic carbocycles. The maximum atomic E-state index is 10.2. The lowest BCUT2D eigenvalue weighted by atomic mass is 9.95. The molecule has 1 aromatic heterocycles. The van der Waals surface area contributed by atoms with Crippen LogP contribution in [0.1, 0.15) is 56.6 Å². The maximum absolute atomic E-state index is 10.2. The molecule has 0 bridgehead atoms. The molecular weight excluding hydrogens is 384 g/mol. The number of fused-ring (bicyclic) bond motifs is 2. The van der Waals surface area contributed by atoms with E-state index in [9.17, 15) is 5.11 Å². The van der Waals surface area contributed by atoms with Crippen LogP contribution in [0.3, 0.4) is 0 Å². The van der Waals surface area contributed by atoms with Crippen molar-refractivity contribution in [3.05, 3.63) is 42.2 Å². The summed E-state index contributed by atoms with van der Waals surface area (Å²) in [7, 11) is 0. The summed E-state index contributed by atoms with van der Waals surface area (Å²) in [4.78, 5) is 11.8. The summed E-state index contributed by atoms with van der Waals surface area (Å²) in [6.07, 6.45) is 13.2. The van der Waals surface area contributed by atoms with Crippen LogP contribution in [-0.4, -0.2) is 40.1 Å². The van der Waals surface area contributed by atoms with Crippen LogP contribution in [0, 0.1) is 0 Å². The standard InChI is InChI=1S/C26H30N4O/c31-22-7-4-12-29(16-22)21-13-19-10-11-27-26(19)23(15-21)18-8-9-25-24(14-18)28-17-30(25)20-5-2-1-3-6-20/h8-9,11,13-15,17,20,22,31H,1-7,10,12,16H2. The van der Waals surface area contributed by atoms with Gasteiger partial charge in [0.15, 0.2) is 0 Å². The van der Waals surface area contributed by atoms with Gasteiger partial charge >= 0.3 is 0 Å². The predicted molar refractivity (Wildman–Crippen MR) is 127 cm³/mol. The van der Waals surface area contributed by atoms with Gasteiger partial charge in [0.1, 0.15) is 0 Å². The van der Waals surface area contributed by atoms with Crippen molar-refractivity contribution < 1.29 is 5.11 Å². The molecule has 0 spiro atoms. The molecule has 3 aliphatic rings. The lowest BCUT2D eigenvalue weighted by molar-refractivity contribution is 0.154. The molecule has 1 N–H and O–H groups in total. The van der Waals surface area contributed by atoms with Crippen LogP contribution in [0.25, 0.3) is 22.2 Å². The Kier molecular flexibility index (Phi) is 4.79. The fourth-order valence-electron chi connectivity index (χ4n) is 5.66. The number of aliphatic hydroxyl groups excluding tert-OH is 1. The first-order valence-corrected chi connectivity index (χ1v) is 11.9. The molecule has 2 fully saturated rings. The number of aromatic nitrogens is 2. The summed E-state index contributed by atoms with van der Waals surface area (Å²) in [5.41, 5.74) is 8.23. The molecule has 1 saturated carbocycles. The molecule has 0 radical (unpaired) electrons. The van der Waals surface area contributed by atoms with Gasteiger partial charge in [-0.3, -0.25) is 4.99 Å². The first kappa shape index (κ1) is 19.1. The van der Waals surface area contributed by atoms with Gasteiger partial charge in [-0.15, -0.1) is 0 Å². The van der Waals surface area contributed by atoms with Gasteiger partial charge in [0.25, 0.3) is 0 Å². The minimum absolute atomic E-state index is 0.234. The van der Waals surface area contributed by atoms with Gasteiger partial charge in [-0.1, -0.05) is 25.3 Å². The zero-order chi connectivity index (χ0) is 20.8. The van der Waals surface area contributed by atoms with Crippen LogP contribution in [0.5, 0.6) is 0 Å². The largest absolute Gasteiger partial charge is 0.391 e. The third-order valence-corrected chi connectivity index (χ3v) is 7.32. The number of hydrogen-bond donors (Lipinski definition) is 1. The van der Waals surface area contributed by atoms with Gasteiger partial charge in [-0.2, -0.15) is 0 Å². The molecule has 2 aliphatic heterocycles. The number of aliphatic hydroxyl groups is 1. The van der Waals surface area contributed by atoms with E-state index >= 15 is 0 Å². The highest BCUT2D eigenvalue weighted by Crippen LogP contribution is 2.41. The van der Waals surface area contributed by atoms with E-state index in [0.29, 0.717) is 12.6 Å². The second-order valence-corrected chi connectivity index (χ2v) is 9.41. The third-order valence-electron chi connectivity index (χ3n) is 7.32. The summed E-state index contributed by atoms with van der Waals surface area (Å²) >= 11 is 0. The topological polar surface area (TPSA) is 53.6 Å². The Morgan fingerprint density at radius 3 is 2.74 bits per heavy atom. The average molecular weight is 415 g/mol. The zero-order valence-electron chi connectivity index (χ0n) is 18.0. The van der Waals surface area contributed by atoms with E-state index in [1.807, 2.05) is 12.5 Å². The summed E-state index contributed by atoms with van der Waals surface area (Å²) in [5.74, 6) is 0. The van der Waals surface area contributed by atoms with E-state index in [2.05, 4.69) is 39.8 Å². The van der Waals surface area contributed by atoms with Gasteiger partial charge in [-0.05, 0) is 61.1 Å². The number of hydrogen-bond acceptors (Lipinski definition) is 4. The van der Waals surface area contributed by atoms with E-state index in [-0.39, 0.29) is 6.10 Å². The number of aliphatic imine (C=N–C) groups is 1. The molecule has 160 valence electrons. The van der Waals surface area contributed by atoms with Crippen LogP contribution < -0.4 is 4.90 Å². The van der Waals surface area contributed by atoms with Crippen molar-refractivity contribution in [1.82, 2.24) is 9.55 Å². The number of nitrogens with zero attached hydrogens (tertiary/aromatic N) is 4. The highest BCUT2D eigenvalue weighted by atomic mass is 16.3. The summed E-state index contributed by atoms with van der Waals surface area (Å²) in [5, 5.41) is 10.2. The Morgan fingerprint density at radius 1 is 0.968 bits per heavy atom. The Labute approximate surface area is 183 Å². The number of benzene rings is 2. The minimum Gasteiger partial charge on any atom is -0.391 e. The molecule has 1 atom stereocenters. The molecule has 5 heteroatoms. The first-order valence-electron chi connectivity index (χ1n) is 11.9. The second kappa shape index (κ2) is 7.79. The van der Waals surface area contributed by atoms with Gasteiger partial charge in [0.05, 0.1) is 29.2 Å². The second-order valence-electron chi connectivity index (χ2n) is 9.41. The third kappa shape index (κ3) is 3.45. The van der Waals surface area contributed by atoms with Crippen LogP contribution in [0.15, 0.2) is 41.7 Å². The number of β-amino-alcohol motifs (C(OH)–C–C–N with tert-alkyl or cyclic N) is 1. The highest BCUT2D eigenvalue weighted by Gasteiger charge is 2.23. The molecule has 31 heavy (non-hydrogen) atoms. The normalized spacial score (nSPS) is 21.7. The Hall–Kier alpha value is -2.66. The van der Waals surface area contributed by atoms with Crippen molar-refractivity contribution in [1.29, 1.82) is 0 Å². The van der Waals surface area contributed by atoms with E-state index in [0.717, 1.165) is 37.0 Å². The molecule has 1 unspecified atom stereocenters. The van der Waals surface area contributed by atoms with Crippen molar-refractivity contribution in [2.75, 3.05) is 18.0 Å². The highest BCUT2D eigenvalue weighted by molar-refractivity contribution is 5.92. The number of imidazole rings is 1. The first-order chi connectivity index (χ1) is 15.3. The predicted octanol–water partition coefficient (Wildman–Crippen LogP) is 5.43. The van der Waals surface area contributed by atoms with Crippen LogP contribution in [0.2, 0.25) is 0 Å². The van der Waals surface area contributed by atoms with Crippen molar-refractivity contribution in [2.24, 2.45) is 4.99 Å². The number of rotatable bonds is 3. The monoisotopic (exact) mass is 414 g/mol. The van der Waals surface area contributed by atoms with Gasteiger partial charge < -0.3 is 14.6 Å². The Bertz CT molecular complexity index is 1140. The zero-order valence-corrected chi connectivity index (χ0v) is 18.0. The van der Waals surface area contributed by atoms with Crippen molar-refractivity contribution in [2.45, 2.75) is 63.5 Å². The van der Waals surface area contributed by atoms with E-state index in [1.165, 1.54) is 60.0 Å². The SMILES string of the molecule is OC1CCCN(c2cc3c(c(-c4ccc5c(c4)ncn5C4CCCCC4)c2)N=CC3)C1. The molecule has 0 amide bonds. The number of piperidine rings is 1. The van der Waals surface area contributed by atoms with E-state index in [1.54, 1.807) is 0 Å². The maximum Gasteiger partial charge on any atom is 0.0960 e. The molecule has 1 aliphatic carbocycles. The van der Waals surface area contributed by atoms with Crippen LogP contribution in [-0.2, 0) is 6.42 Å². The van der Waals surface area contributed by atoms with Gasteiger partial charge in [0, 0.05) is 43.0 Å². The molecule has 6 rings (SSSR count). The van der Waals surface area contributed by atoms with E-state index < -0.39 is 0 Å². The van der Waals surface area contributed by atoms with Crippen LogP contribution >= 0.6 is 0 Å². The number of anilines is 1. The Balaban J connectivity index is 1.40. The average Bonchev–Trinajstić information content (AvgIpc) is 3.45. The minimum atomic E-state index is -0.234. The molecule has 5 nitrogen and oxygen atoms in total. The Morgan fingerprint density at radius 2 is 1.87 bits per heavy atom. The molecular formula is C26H30N4O. The molecule has 3 heterocycles. The lowest BCUT2D eigenvalue weighted by Crippen LogP contribution is -2.38. The van der Waals surface area contributed by atoms with E-state index in [4.69, 9.17) is 9.98 Å². The summed E-state index contributed by atoms with van der Waals surface area (Å²) in [6, 6.07) is 11.8. The van der Waals surface area contributed by atoms with Crippen LogP contribution in [0.4, 0.5) is 11.4 Å².